The van der Waals surface area contributed by atoms with Crippen LogP contribution in [0.2, 0.25) is 0 Å². The first-order valence-electron chi connectivity index (χ1n) is 2.69. The molecule has 0 aliphatic heterocycles. The monoisotopic (exact) mass is 200 g/mol. The van der Waals surface area contributed by atoms with E-state index in [9.17, 15) is 9.13 Å². The smallest absolute Gasteiger partial charge is 0.323 e. The Morgan fingerprint density at radius 2 is 2.00 bits per heavy atom. The topological polar surface area (TPSA) is 83.8 Å². The molecule has 0 rings (SSSR count). The third-order valence-electron chi connectivity index (χ3n) is 1.04. The molecule has 7 heteroatoms. The van der Waals surface area contributed by atoms with Gasteiger partial charge in [0.1, 0.15) is 0 Å². The van der Waals surface area contributed by atoms with E-state index in [0.717, 1.165) is 13.2 Å². The third kappa shape index (κ3) is 2.55. The molecule has 0 aromatic carbocycles. The van der Waals surface area contributed by atoms with E-state index in [4.69, 9.17) is 9.79 Å². The van der Waals surface area contributed by atoms with Crippen LogP contribution in [0.4, 0.5) is 0 Å². The summed E-state index contributed by atoms with van der Waals surface area (Å²) in [6.45, 7) is 3.21. The highest BCUT2D eigenvalue weighted by Gasteiger charge is 2.40. The molecule has 0 bridgehead atoms. The molecule has 0 aromatic rings. The van der Waals surface area contributed by atoms with Gasteiger partial charge in [0.05, 0.1) is 6.16 Å². The van der Waals surface area contributed by atoms with Crippen molar-refractivity contribution < 1.29 is 23.4 Å². The molecule has 0 amide bonds. The summed E-state index contributed by atoms with van der Waals surface area (Å²) >= 11 is 0. The molecule has 0 aliphatic carbocycles. The van der Waals surface area contributed by atoms with Gasteiger partial charge in [0.2, 0.25) is 0 Å². The highest BCUT2D eigenvalue weighted by atomic mass is 32.1. The molecular formula is C4H10O5P2. The van der Waals surface area contributed by atoms with E-state index in [1.807, 2.05) is 0 Å². The molecule has 0 saturated heterocycles. The highest BCUT2D eigenvalue weighted by Crippen LogP contribution is 2.77. The molecule has 11 heavy (non-hydrogen) atoms. The fourth-order valence-corrected chi connectivity index (χ4v) is 2.97. The van der Waals surface area contributed by atoms with Gasteiger partial charge in [0.15, 0.2) is 0 Å². The van der Waals surface area contributed by atoms with Crippen molar-refractivity contribution in [1.82, 2.24) is 0 Å². The molecule has 0 spiro atoms. The van der Waals surface area contributed by atoms with E-state index in [2.05, 4.69) is 11.1 Å². The number of rotatable bonds is 4. The molecule has 66 valence electrons. The van der Waals surface area contributed by atoms with Gasteiger partial charge < -0.3 is 14.3 Å². The van der Waals surface area contributed by atoms with Crippen molar-refractivity contribution >= 4 is 14.3 Å². The Labute approximate surface area is 64.6 Å². The average molecular weight is 200 g/mol. The van der Waals surface area contributed by atoms with Crippen molar-refractivity contribution in [1.29, 1.82) is 0 Å². The zero-order valence-corrected chi connectivity index (χ0v) is 7.79. The van der Waals surface area contributed by atoms with E-state index in [1.165, 1.54) is 0 Å². The van der Waals surface area contributed by atoms with Gasteiger partial charge in [-0.05, 0) is 0 Å². The minimum Gasteiger partial charge on any atom is -0.323 e. The summed E-state index contributed by atoms with van der Waals surface area (Å²) in [5.41, 5.74) is 0. The summed E-state index contributed by atoms with van der Waals surface area (Å²) in [4.78, 5) is 17.1. The highest BCUT2D eigenvalue weighted by molar-refractivity contribution is 8.29. The number of hydrogen-bond donors (Lipinski definition) is 2. The Kier molecular flexibility index (Phi) is 3.68. The Bertz CT molecular complexity index is 229. The molecule has 0 heterocycles. The Morgan fingerprint density at radius 3 is 2.09 bits per heavy atom. The molecule has 1 atom stereocenters. The van der Waals surface area contributed by atoms with E-state index < -0.39 is 14.3 Å². The second-order valence-corrected chi connectivity index (χ2v) is 8.23. The van der Waals surface area contributed by atoms with Crippen LogP contribution in [0.25, 0.3) is 0 Å². The molecule has 5 nitrogen and oxygen atoms in total. The summed E-state index contributed by atoms with van der Waals surface area (Å²) in [6, 6.07) is 0. The molecule has 0 radical (unpaired) electrons. The number of hydrogen-bond acceptors (Lipinski definition) is 3. The summed E-state index contributed by atoms with van der Waals surface area (Å²) in [7, 11) is -7.47. The van der Waals surface area contributed by atoms with Gasteiger partial charge >= 0.3 is 14.3 Å². The van der Waals surface area contributed by atoms with Gasteiger partial charge in [0.25, 0.3) is 0 Å². The van der Waals surface area contributed by atoms with Crippen LogP contribution in [-0.2, 0) is 13.7 Å². The van der Waals surface area contributed by atoms with Crippen molar-refractivity contribution in [3.8, 4) is 0 Å². The lowest BCUT2D eigenvalue weighted by Gasteiger charge is -2.14. The second kappa shape index (κ2) is 3.65. The lowest BCUT2D eigenvalue weighted by Crippen LogP contribution is -1.90. The van der Waals surface area contributed by atoms with Gasteiger partial charge in [-0.1, -0.05) is 6.08 Å². The lowest BCUT2D eigenvalue weighted by atomic mass is 10.8. The summed E-state index contributed by atoms with van der Waals surface area (Å²) in [6.07, 6.45) is 0.844. The average Bonchev–Trinajstić information content (AvgIpc) is 1.86. The summed E-state index contributed by atoms with van der Waals surface area (Å²) in [5, 5.41) is 0. The minimum absolute atomic E-state index is 0.312. The van der Waals surface area contributed by atoms with Crippen LogP contribution in [0.3, 0.4) is 0 Å². The van der Waals surface area contributed by atoms with Gasteiger partial charge in [-0.15, -0.1) is 6.58 Å². The first-order valence-corrected chi connectivity index (χ1v) is 6.82. The van der Waals surface area contributed by atoms with Crippen molar-refractivity contribution in [3.63, 3.8) is 0 Å². The predicted molar refractivity (Wildman–Crippen MR) is 41.7 cm³/mol. The largest absolute Gasteiger partial charge is 0.407 e. The SMILES string of the molecule is C=CCP(=O)(OC)P(=O)(O)O. The third-order valence-corrected chi connectivity index (χ3v) is 6.49. The molecule has 0 aliphatic rings. The van der Waals surface area contributed by atoms with Gasteiger partial charge in [0, 0.05) is 7.11 Å². The van der Waals surface area contributed by atoms with Crippen LogP contribution in [0.15, 0.2) is 12.7 Å². The van der Waals surface area contributed by atoms with Gasteiger partial charge in [-0.25, -0.2) is 4.57 Å². The van der Waals surface area contributed by atoms with Crippen LogP contribution < -0.4 is 0 Å². The van der Waals surface area contributed by atoms with E-state index in [-0.39, 0.29) is 6.16 Å². The predicted octanol–water partition coefficient (Wildman–Crippen LogP) is 1.19. The molecular weight excluding hydrogens is 190 g/mol. The first-order chi connectivity index (χ1) is 4.87. The second-order valence-electron chi connectivity index (χ2n) is 1.80. The lowest BCUT2D eigenvalue weighted by molar-refractivity contribution is 0.358. The van der Waals surface area contributed by atoms with Crippen LogP contribution >= 0.6 is 14.3 Å². The van der Waals surface area contributed by atoms with Gasteiger partial charge in [-0.2, -0.15) is 0 Å². The van der Waals surface area contributed by atoms with Crippen LogP contribution in [-0.4, -0.2) is 23.1 Å². The fourth-order valence-electron chi connectivity index (χ4n) is 0.450. The van der Waals surface area contributed by atoms with Crippen molar-refractivity contribution in [2.45, 2.75) is 0 Å². The molecule has 0 fully saturated rings. The maximum Gasteiger partial charge on any atom is 0.407 e. The van der Waals surface area contributed by atoms with E-state index >= 15 is 0 Å². The van der Waals surface area contributed by atoms with Crippen molar-refractivity contribution in [2.24, 2.45) is 0 Å². The molecule has 0 saturated carbocycles. The quantitative estimate of drug-likeness (QED) is 0.525. The normalized spacial score (nSPS) is 17.4. The maximum absolute atomic E-state index is 11.1. The standard InChI is InChI=1S/C4H10O5P2/c1-3-4-10(5,9-2)11(6,7)8/h3H,1,4H2,2H3,(H2,6,7,8). The molecule has 1 unspecified atom stereocenters. The first kappa shape index (κ1) is 11.1. The van der Waals surface area contributed by atoms with Crippen LogP contribution in [0.5, 0.6) is 0 Å². The van der Waals surface area contributed by atoms with Crippen molar-refractivity contribution in [2.75, 3.05) is 13.3 Å². The Hall–Kier alpha value is 0.0800. The van der Waals surface area contributed by atoms with E-state index in [0.29, 0.717) is 0 Å². The van der Waals surface area contributed by atoms with Crippen LogP contribution in [0.1, 0.15) is 0 Å². The molecule has 0 aromatic heterocycles. The van der Waals surface area contributed by atoms with Gasteiger partial charge in [-0.3, -0.25) is 4.57 Å². The fraction of sp³-hybridized carbons (Fsp3) is 0.500. The molecule has 2 N–H and O–H groups in total. The minimum atomic E-state index is -4.64. The summed E-state index contributed by atoms with van der Waals surface area (Å²) < 4.78 is 25.9. The Balaban J connectivity index is 4.76. The number of allylic oxidation sites excluding steroid dienone is 1. The van der Waals surface area contributed by atoms with Crippen LogP contribution in [0, 0.1) is 0 Å². The maximum atomic E-state index is 11.1. The van der Waals surface area contributed by atoms with E-state index in [1.54, 1.807) is 0 Å². The zero-order chi connectivity index (χ0) is 9.12. The summed E-state index contributed by atoms with van der Waals surface area (Å²) in [5.74, 6) is 0. The Morgan fingerprint density at radius 1 is 1.55 bits per heavy atom. The van der Waals surface area contributed by atoms with Crippen molar-refractivity contribution in [3.05, 3.63) is 12.7 Å². The zero-order valence-electron chi connectivity index (χ0n) is 6.01.